The van der Waals surface area contributed by atoms with Gasteiger partial charge in [-0.05, 0) is 130 Å². The summed E-state index contributed by atoms with van der Waals surface area (Å²) in [6.45, 7) is 7.11. The van der Waals surface area contributed by atoms with Gasteiger partial charge in [0.05, 0.1) is 0 Å². The van der Waals surface area contributed by atoms with Gasteiger partial charge in [0.2, 0.25) is 0 Å². The Morgan fingerprint density at radius 2 is 1.18 bits per heavy atom. The van der Waals surface area contributed by atoms with Gasteiger partial charge in [-0.25, -0.2) is 0 Å². The molecule has 0 spiro atoms. The fraction of sp³-hybridized carbons (Fsp3) is 0.500. The Bertz CT molecular complexity index is 1360. The number of unbranched alkanes of at least 4 members (excludes halogenated alkanes) is 2. The predicted octanol–water partition coefficient (Wildman–Crippen LogP) is 8.17. The Hall–Kier alpha value is -2.82. The molecule has 0 radical (unpaired) electrons. The minimum atomic E-state index is 0.241. The lowest BCUT2D eigenvalue weighted by molar-refractivity contribution is 0.0970. The Morgan fingerprint density at radius 1 is 0.575 bits per heavy atom. The van der Waals surface area contributed by atoms with Crippen molar-refractivity contribution in [3.8, 4) is 22.3 Å². The van der Waals surface area contributed by atoms with Gasteiger partial charge < -0.3 is 9.80 Å². The topological polar surface area (TPSA) is 40.6 Å². The van der Waals surface area contributed by atoms with E-state index >= 15 is 0 Å². The third-order valence-corrected chi connectivity index (χ3v) is 9.42. The number of Topliss-reactive ketones (excluding diaryl/α,β-unsaturated/α-hetero) is 2. The molecule has 2 fully saturated rings. The summed E-state index contributed by atoms with van der Waals surface area (Å²) < 4.78 is 0. The normalized spacial score (nSPS) is 17.3. The lowest BCUT2D eigenvalue weighted by Crippen LogP contribution is -2.30. The first-order valence-electron chi connectivity index (χ1n) is 15.9. The van der Waals surface area contributed by atoms with E-state index in [0.717, 1.165) is 66.4 Å². The highest BCUT2D eigenvalue weighted by atomic mass is 16.1. The van der Waals surface area contributed by atoms with E-state index in [1.807, 2.05) is 12.1 Å². The summed E-state index contributed by atoms with van der Waals surface area (Å²) in [5.41, 5.74) is 6.30. The van der Waals surface area contributed by atoms with Crippen LogP contribution in [0.3, 0.4) is 0 Å². The molecule has 2 saturated heterocycles. The van der Waals surface area contributed by atoms with Crippen LogP contribution in [0.1, 0.15) is 97.8 Å². The first-order chi connectivity index (χ1) is 19.7. The predicted molar refractivity (Wildman–Crippen MR) is 165 cm³/mol. The smallest absolute Gasteiger partial charge is 0.163 e. The fourth-order valence-electron chi connectivity index (χ4n) is 7.16. The summed E-state index contributed by atoms with van der Waals surface area (Å²) in [5, 5.41) is 2.22. The summed E-state index contributed by atoms with van der Waals surface area (Å²) in [6.07, 6.45) is 13.3. The van der Waals surface area contributed by atoms with Gasteiger partial charge >= 0.3 is 0 Å². The Morgan fingerprint density at radius 3 is 1.85 bits per heavy atom. The third kappa shape index (κ3) is 5.94. The van der Waals surface area contributed by atoms with Gasteiger partial charge in [0.15, 0.2) is 11.6 Å². The zero-order valence-electron chi connectivity index (χ0n) is 24.1. The highest BCUT2D eigenvalue weighted by molar-refractivity contribution is 6.21. The molecule has 4 nitrogen and oxygen atoms in total. The van der Waals surface area contributed by atoms with Crippen LogP contribution >= 0.6 is 0 Å². The van der Waals surface area contributed by atoms with E-state index < -0.39 is 0 Å². The number of hydrogen-bond donors (Lipinski definition) is 0. The molecular weight excluding hydrogens is 492 g/mol. The van der Waals surface area contributed by atoms with Crippen molar-refractivity contribution in [2.75, 3.05) is 39.3 Å². The molecule has 1 aliphatic carbocycles. The number of rotatable bonds is 12. The molecule has 0 unspecified atom stereocenters. The maximum Gasteiger partial charge on any atom is 0.163 e. The number of ketones is 2. The lowest BCUT2D eigenvalue weighted by Gasteiger charge is -2.26. The molecule has 0 saturated carbocycles. The summed E-state index contributed by atoms with van der Waals surface area (Å²) >= 11 is 0. The average Bonchev–Trinajstić information content (AvgIpc) is 3.33. The van der Waals surface area contributed by atoms with Crippen LogP contribution < -0.4 is 0 Å². The van der Waals surface area contributed by atoms with Crippen LogP contribution in [0.25, 0.3) is 33.0 Å². The molecule has 6 rings (SSSR count). The quantitative estimate of drug-likeness (QED) is 0.135. The van der Waals surface area contributed by atoms with E-state index in [1.165, 1.54) is 81.2 Å². The van der Waals surface area contributed by atoms with Crippen LogP contribution in [0, 0.1) is 0 Å². The van der Waals surface area contributed by atoms with Crippen molar-refractivity contribution in [1.82, 2.24) is 9.80 Å². The minimum Gasteiger partial charge on any atom is -0.303 e. The summed E-state index contributed by atoms with van der Waals surface area (Å²) in [6, 6.07) is 16.7. The van der Waals surface area contributed by atoms with Crippen molar-refractivity contribution in [3.63, 3.8) is 0 Å². The Balaban J connectivity index is 1.11. The van der Waals surface area contributed by atoms with Crippen LogP contribution in [0.5, 0.6) is 0 Å². The van der Waals surface area contributed by atoms with Crippen molar-refractivity contribution in [2.24, 2.45) is 0 Å². The molecule has 4 heteroatoms. The summed E-state index contributed by atoms with van der Waals surface area (Å²) in [7, 11) is 0. The number of carbonyl (C=O) groups is 2. The maximum atomic E-state index is 13.3. The second kappa shape index (κ2) is 12.8. The molecule has 3 aromatic carbocycles. The van der Waals surface area contributed by atoms with Crippen molar-refractivity contribution in [3.05, 3.63) is 59.7 Å². The molecule has 0 aromatic heterocycles. The monoisotopic (exact) mass is 536 g/mol. The number of likely N-dealkylation sites (tertiary alicyclic amines) is 2. The molecule has 0 atom stereocenters. The minimum absolute atomic E-state index is 0.241. The van der Waals surface area contributed by atoms with E-state index in [0.29, 0.717) is 12.8 Å². The number of fused-ring (bicyclic) bond motifs is 3. The zero-order valence-corrected chi connectivity index (χ0v) is 24.1. The average molecular weight is 537 g/mol. The standard InChI is InChI=1S/C36H44N2O2/c39-34(14-3-9-24-37-20-5-1-6-21-37)27-16-17-28-30-12-11-13-31-29(18-19-32(36(30)31)33(28)26-27)35(40)15-4-10-25-38-22-7-2-8-23-38/h11-13,16-19,26H,1-10,14-15,20-25H2. The highest BCUT2D eigenvalue weighted by Crippen LogP contribution is 2.48. The third-order valence-electron chi connectivity index (χ3n) is 9.42. The van der Waals surface area contributed by atoms with Crippen molar-refractivity contribution < 1.29 is 9.59 Å². The molecular formula is C36H44N2O2. The number of carbonyl (C=O) groups excluding carboxylic acids is 2. The maximum absolute atomic E-state index is 13.3. The van der Waals surface area contributed by atoms with Gasteiger partial charge in [-0.1, -0.05) is 55.3 Å². The Kier molecular flexibility index (Phi) is 8.74. The van der Waals surface area contributed by atoms with Gasteiger partial charge in [-0.3, -0.25) is 9.59 Å². The summed E-state index contributed by atoms with van der Waals surface area (Å²) in [5.74, 6) is 0.490. The molecule has 3 aromatic rings. The number of nitrogens with zero attached hydrogens (tertiary/aromatic N) is 2. The van der Waals surface area contributed by atoms with E-state index in [4.69, 9.17) is 0 Å². The van der Waals surface area contributed by atoms with E-state index in [2.05, 4.69) is 46.2 Å². The van der Waals surface area contributed by atoms with Crippen molar-refractivity contribution in [2.45, 2.75) is 77.0 Å². The second-order valence-electron chi connectivity index (χ2n) is 12.2. The number of hydrogen-bond acceptors (Lipinski definition) is 4. The first kappa shape index (κ1) is 27.4. The molecule has 0 amide bonds. The van der Waals surface area contributed by atoms with E-state index in [9.17, 15) is 9.59 Å². The molecule has 2 aliphatic heterocycles. The molecule has 2 heterocycles. The highest BCUT2D eigenvalue weighted by Gasteiger charge is 2.25. The van der Waals surface area contributed by atoms with Crippen LogP contribution in [0.2, 0.25) is 0 Å². The van der Waals surface area contributed by atoms with Gasteiger partial charge in [-0.15, -0.1) is 0 Å². The Labute approximate surface area is 239 Å². The number of benzene rings is 3. The lowest BCUT2D eigenvalue weighted by atomic mass is 9.94. The van der Waals surface area contributed by atoms with Crippen LogP contribution in [-0.4, -0.2) is 60.6 Å². The summed E-state index contributed by atoms with van der Waals surface area (Å²) in [4.78, 5) is 31.6. The van der Waals surface area contributed by atoms with E-state index in [1.54, 1.807) is 0 Å². The largest absolute Gasteiger partial charge is 0.303 e. The molecule has 0 bridgehead atoms. The first-order valence-corrected chi connectivity index (χ1v) is 15.9. The molecule has 40 heavy (non-hydrogen) atoms. The molecule has 210 valence electrons. The molecule has 3 aliphatic rings. The van der Waals surface area contributed by atoms with Crippen molar-refractivity contribution in [1.29, 1.82) is 0 Å². The number of piperidine rings is 2. The molecule has 0 N–H and O–H groups in total. The SMILES string of the molecule is O=C(CCCCN1CCCCC1)c1ccc2c(c1)-c1ccc(C(=O)CCCCN3CCCCC3)c3cccc-2c13. The van der Waals surface area contributed by atoms with E-state index in [-0.39, 0.29) is 11.6 Å². The van der Waals surface area contributed by atoms with Crippen LogP contribution in [0.15, 0.2) is 48.5 Å². The van der Waals surface area contributed by atoms with Crippen LogP contribution in [-0.2, 0) is 0 Å². The van der Waals surface area contributed by atoms with Gasteiger partial charge in [0, 0.05) is 24.0 Å². The van der Waals surface area contributed by atoms with Crippen LogP contribution in [0.4, 0.5) is 0 Å². The van der Waals surface area contributed by atoms with Gasteiger partial charge in [-0.2, -0.15) is 0 Å². The van der Waals surface area contributed by atoms with Gasteiger partial charge in [0.1, 0.15) is 0 Å². The second-order valence-corrected chi connectivity index (χ2v) is 12.2. The van der Waals surface area contributed by atoms with Gasteiger partial charge in [0.25, 0.3) is 0 Å². The fourth-order valence-corrected chi connectivity index (χ4v) is 7.16. The zero-order chi connectivity index (χ0) is 27.3. The van der Waals surface area contributed by atoms with Crippen molar-refractivity contribution >= 4 is 22.3 Å².